The van der Waals surface area contributed by atoms with Gasteiger partial charge in [-0.05, 0) is 30.4 Å². The lowest BCUT2D eigenvalue weighted by Crippen LogP contribution is -2.03. The van der Waals surface area contributed by atoms with Crippen LogP contribution in [0.15, 0.2) is 18.2 Å². The molecule has 0 saturated carbocycles. The fraction of sp³-hybridized carbons (Fsp3) is 0.455. The molecule has 12 heavy (non-hydrogen) atoms. The Hall–Kier alpha value is -0.820. The normalized spacial score (nSPS) is 27.2. The number of hydrogen-bond acceptors (Lipinski definition) is 0. The van der Waals surface area contributed by atoms with Crippen LogP contribution in [-0.4, -0.2) is 0 Å². The number of benzene rings is 1. The molecule has 1 aliphatic rings. The molecule has 1 aromatic rings. The van der Waals surface area contributed by atoms with Gasteiger partial charge < -0.3 is 0 Å². The monoisotopic (exact) mass is 160 g/mol. The Bertz CT molecular complexity index is 304. The second kappa shape index (κ2) is 2.60. The third-order valence-electron chi connectivity index (χ3n) is 2.75. The van der Waals surface area contributed by atoms with Crippen molar-refractivity contribution in [3.63, 3.8) is 0 Å². The number of nitrogens with one attached hydrogen (secondary N) is 1. The zero-order valence-electron chi connectivity index (χ0n) is 7.59. The molecule has 0 saturated heterocycles. The van der Waals surface area contributed by atoms with Gasteiger partial charge in [-0.15, -0.1) is 0 Å². The molecule has 0 aromatic heterocycles. The summed E-state index contributed by atoms with van der Waals surface area (Å²) in [4.78, 5) is 0. The van der Waals surface area contributed by atoms with E-state index in [9.17, 15) is 0 Å². The van der Waals surface area contributed by atoms with E-state index in [4.69, 9.17) is 5.73 Å². The van der Waals surface area contributed by atoms with Crippen LogP contribution in [0.2, 0.25) is 0 Å². The van der Waals surface area contributed by atoms with E-state index in [1.807, 2.05) is 0 Å². The van der Waals surface area contributed by atoms with Crippen LogP contribution < -0.4 is 5.73 Å². The van der Waals surface area contributed by atoms with Crippen LogP contribution in [0.25, 0.3) is 0 Å². The van der Waals surface area contributed by atoms with E-state index in [-0.39, 0.29) is 6.04 Å². The summed E-state index contributed by atoms with van der Waals surface area (Å²) in [5, 5.41) is 0. The summed E-state index contributed by atoms with van der Waals surface area (Å²) in [5.41, 5.74) is 11.8. The summed E-state index contributed by atoms with van der Waals surface area (Å²) >= 11 is 0. The van der Waals surface area contributed by atoms with Crippen molar-refractivity contribution in [1.82, 2.24) is 5.73 Å². The van der Waals surface area contributed by atoms with Crippen molar-refractivity contribution in [3.05, 3.63) is 34.9 Å². The van der Waals surface area contributed by atoms with Crippen LogP contribution in [0.3, 0.4) is 0 Å². The van der Waals surface area contributed by atoms with Gasteiger partial charge in [0.1, 0.15) is 0 Å². The van der Waals surface area contributed by atoms with E-state index in [1.165, 1.54) is 16.7 Å². The zero-order valence-corrected chi connectivity index (χ0v) is 7.59. The molecule has 1 aromatic carbocycles. The molecular formula is C11H14N. The van der Waals surface area contributed by atoms with E-state index in [0.717, 1.165) is 6.42 Å². The Kier molecular flexibility index (Phi) is 1.69. The van der Waals surface area contributed by atoms with Crippen molar-refractivity contribution >= 4 is 0 Å². The molecule has 0 heterocycles. The van der Waals surface area contributed by atoms with Gasteiger partial charge in [0.25, 0.3) is 0 Å². The standard InChI is InChI=1S/C11H14N/c1-7-3-4-9-6-8(2)11(12)10(9)5-7/h3-5,8,11-12H,6H2,1-2H3/t8-,11-/m1/s1. The third kappa shape index (κ3) is 1.05. The molecule has 0 unspecified atom stereocenters. The summed E-state index contributed by atoms with van der Waals surface area (Å²) < 4.78 is 0. The highest BCUT2D eigenvalue weighted by Gasteiger charge is 2.26. The largest absolute Gasteiger partial charge is 0.249 e. The van der Waals surface area contributed by atoms with Crippen molar-refractivity contribution in [2.75, 3.05) is 0 Å². The van der Waals surface area contributed by atoms with Crippen molar-refractivity contribution < 1.29 is 0 Å². The highest BCUT2D eigenvalue weighted by atomic mass is 14.7. The second-order valence-corrected chi connectivity index (χ2v) is 3.86. The highest BCUT2D eigenvalue weighted by molar-refractivity contribution is 5.38. The Morgan fingerprint density at radius 2 is 2.17 bits per heavy atom. The van der Waals surface area contributed by atoms with Gasteiger partial charge >= 0.3 is 0 Å². The van der Waals surface area contributed by atoms with E-state index < -0.39 is 0 Å². The van der Waals surface area contributed by atoms with Gasteiger partial charge in [0, 0.05) is 6.04 Å². The van der Waals surface area contributed by atoms with Crippen molar-refractivity contribution in [1.29, 1.82) is 0 Å². The maximum Gasteiger partial charge on any atom is 0.0494 e. The van der Waals surface area contributed by atoms with Gasteiger partial charge in [-0.25, -0.2) is 5.73 Å². The molecule has 0 spiro atoms. The molecule has 0 aliphatic heterocycles. The molecule has 0 amide bonds. The van der Waals surface area contributed by atoms with Crippen molar-refractivity contribution in [2.45, 2.75) is 26.3 Å². The predicted molar refractivity (Wildman–Crippen MR) is 49.9 cm³/mol. The third-order valence-corrected chi connectivity index (χ3v) is 2.75. The van der Waals surface area contributed by atoms with Gasteiger partial charge in [-0.1, -0.05) is 30.7 Å². The first-order valence-corrected chi connectivity index (χ1v) is 4.49. The summed E-state index contributed by atoms with van der Waals surface area (Å²) in [5.74, 6) is 0.502. The van der Waals surface area contributed by atoms with E-state index in [0.29, 0.717) is 5.92 Å². The fourth-order valence-electron chi connectivity index (χ4n) is 1.96. The lowest BCUT2D eigenvalue weighted by atomic mass is 10.0. The minimum Gasteiger partial charge on any atom is -0.249 e. The predicted octanol–water partition coefficient (Wildman–Crippen LogP) is 2.51. The van der Waals surface area contributed by atoms with Gasteiger partial charge in [-0.2, -0.15) is 0 Å². The first-order chi connectivity index (χ1) is 5.68. The lowest BCUT2D eigenvalue weighted by molar-refractivity contribution is 0.501. The SMILES string of the molecule is Cc1ccc2c(c1)[C@H]([NH])[C@H](C)C2. The van der Waals surface area contributed by atoms with E-state index in [1.54, 1.807) is 0 Å². The fourth-order valence-corrected chi connectivity index (χ4v) is 1.96. The first-order valence-electron chi connectivity index (χ1n) is 4.49. The average molecular weight is 160 g/mol. The maximum atomic E-state index is 7.92. The van der Waals surface area contributed by atoms with Crippen molar-refractivity contribution in [3.8, 4) is 0 Å². The molecule has 1 N–H and O–H groups in total. The summed E-state index contributed by atoms with van der Waals surface area (Å²) in [6, 6.07) is 6.50. The molecule has 0 bridgehead atoms. The minimum absolute atomic E-state index is 0.0138. The summed E-state index contributed by atoms with van der Waals surface area (Å²) in [6.45, 7) is 4.25. The maximum absolute atomic E-state index is 7.92. The molecule has 2 rings (SSSR count). The van der Waals surface area contributed by atoms with Crippen LogP contribution in [0.1, 0.15) is 29.7 Å². The molecule has 0 fully saturated rings. The van der Waals surface area contributed by atoms with Crippen LogP contribution in [0, 0.1) is 12.8 Å². The second-order valence-electron chi connectivity index (χ2n) is 3.86. The topological polar surface area (TPSA) is 23.8 Å². The molecule has 2 atom stereocenters. The molecule has 1 nitrogen and oxygen atoms in total. The zero-order chi connectivity index (χ0) is 8.72. The minimum atomic E-state index is 0.0138. The molecule has 1 aliphatic carbocycles. The quantitative estimate of drug-likeness (QED) is 0.557. The van der Waals surface area contributed by atoms with E-state index in [2.05, 4.69) is 32.0 Å². The van der Waals surface area contributed by atoms with Crippen LogP contribution >= 0.6 is 0 Å². The molecule has 1 radical (unpaired) electrons. The van der Waals surface area contributed by atoms with Crippen LogP contribution in [0.4, 0.5) is 0 Å². The average Bonchev–Trinajstić information content (AvgIpc) is 2.31. The van der Waals surface area contributed by atoms with Crippen LogP contribution in [-0.2, 0) is 6.42 Å². The van der Waals surface area contributed by atoms with Gasteiger partial charge in [0.15, 0.2) is 0 Å². The van der Waals surface area contributed by atoms with Gasteiger partial charge in [-0.3, -0.25) is 0 Å². The molecular weight excluding hydrogens is 146 g/mol. The Morgan fingerprint density at radius 1 is 1.42 bits per heavy atom. The number of aryl methyl sites for hydroxylation is 1. The van der Waals surface area contributed by atoms with Crippen LogP contribution in [0.5, 0.6) is 0 Å². The smallest absolute Gasteiger partial charge is 0.0494 e. The number of hydrogen-bond donors (Lipinski definition) is 0. The Labute approximate surface area is 73.6 Å². The molecule has 63 valence electrons. The van der Waals surface area contributed by atoms with Gasteiger partial charge in [0.05, 0.1) is 0 Å². The van der Waals surface area contributed by atoms with Crippen molar-refractivity contribution in [2.24, 2.45) is 5.92 Å². The Balaban J connectivity index is 2.48. The number of fused-ring (bicyclic) bond motifs is 1. The number of rotatable bonds is 0. The first kappa shape index (κ1) is 7.81. The van der Waals surface area contributed by atoms with E-state index >= 15 is 0 Å². The Morgan fingerprint density at radius 3 is 2.92 bits per heavy atom. The summed E-state index contributed by atoms with van der Waals surface area (Å²) in [7, 11) is 0. The lowest BCUT2D eigenvalue weighted by Gasteiger charge is -2.08. The van der Waals surface area contributed by atoms with Gasteiger partial charge in [0.2, 0.25) is 0 Å². The molecule has 1 heteroatoms. The summed E-state index contributed by atoms with van der Waals surface area (Å²) in [6.07, 6.45) is 1.09. The highest BCUT2D eigenvalue weighted by Crippen LogP contribution is 2.35.